The summed E-state index contributed by atoms with van der Waals surface area (Å²) in [6.07, 6.45) is 10.7. The lowest BCUT2D eigenvalue weighted by Crippen LogP contribution is -2.52. The summed E-state index contributed by atoms with van der Waals surface area (Å²) in [4.78, 5) is 17.4. The Morgan fingerprint density at radius 3 is 2.38 bits per heavy atom. The average Bonchev–Trinajstić information content (AvgIpc) is 3.03. The van der Waals surface area contributed by atoms with Crippen LogP contribution in [0.1, 0.15) is 43.7 Å². The van der Waals surface area contributed by atoms with Gasteiger partial charge in [0.1, 0.15) is 6.04 Å². The van der Waals surface area contributed by atoms with Gasteiger partial charge >= 0.3 is 0 Å². The minimum Gasteiger partial charge on any atom is -0.338 e. The molecular weight excluding hydrogens is 373 g/mol. The van der Waals surface area contributed by atoms with Crippen LogP contribution in [0.2, 0.25) is 0 Å². The molecule has 1 aromatic heterocycles. The van der Waals surface area contributed by atoms with Gasteiger partial charge in [0.25, 0.3) is 0 Å². The van der Waals surface area contributed by atoms with Crippen LogP contribution in [-0.4, -0.2) is 65.3 Å². The van der Waals surface area contributed by atoms with Gasteiger partial charge in [0.15, 0.2) is 0 Å². The van der Waals surface area contributed by atoms with Gasteiger partial charge in [-0.3, -0.25) is 14.4 Å². The first kappa shape index (κ1) is 23.2. The summed E-state index contributed by atoms with van der Waals surface area (Å²) in [6, 6.07) is -0.288. The molecule has 1 atom stereocenters. The lowest BCUT2D eigenvalue weighted by Gasteiger charge is -2.38. The van der Waals surface area contributed by atoms with Gasteiger partial charge in [0.05, 0.1) is 6.20 Å². The van der Waals surface area contributed by atoms with Crippen LogP contribution in [0.3, 0.4) is 0 Å². The molecular formula is C18H33Cl2N5O. The molecule has 1 aliphatic heterocycles. The maximum atomic E-state index is 12.8. The molecule has 0 aromatic carbocycles. The number of halogens is 2. The van der Waals surface area contributed by atoms with E-state index < -0.39 is 0 Å². The van der Waals surface area contributed by atoms with Gasteiger partial charge in [-0.15, -0.1) is 24.8 Å². The number of aryl methyl sites for hydroxylation is 1. The maximum Gasteiger partial charge on any atom is 0.244 e. The van der Waals surface area contributed by atoms with Gasteiger partial charge in [-0.2, -0.15) is 5.10 Å². The van der Waals surface area contributed by atoms with Crippen LogP contribution in [0.25, 0.3) is 0 Å². The quantitative estimate of drug-likeness (QED) is 0.815. The smallest absolute Gasteiger partial charge is 0.244 e. The van der Waals surface area contributed by atoms with E-state index in [1.54, 1.807) is 10.9 Å². The summed E-state index contributed by atoms with van der Waals surface area (Å²) in [5.74, 6) is 1.05. The number of carbonyl (C=O) groups excluding carboxylic acids is 1. The number of hydrogen-bond donors (Lipinski definition) is 1. The van der Waals surface area contributed by atoms with Gasteiger partial charge in [-0.25, -0.2) is 0 Å². The van der Waals surface area contributed by atoms with Crippen LogP contribution in [0, 0.1) is 5.92 Å². The third-order valence-electron chi connectivity index (χ3n) is 5.52. The zero-order valence-corrected chi connectivity index (χ0v) is 17.5. The third kappa shape index (κ3) is 5.84. The highest BCUT2D eigenvalue weighted by atomic mass is 35.5. The van der Waals surface area contributed by atoms with Gasteiger partial charge < -0.3 is 10.2 Å². The Kier molecular flexibility index (Phi) is 9.93. The van der Waals surface area contributed by atoms with E-state index in [2.05, 4.69) is 15.3 Å². The molecule has 1 aromatic rings. The fraction of sp³-hybridized carbons (Fsp3) is 0.778. The molecule has 2 fully saturated rings. The Hall–Kier alpha value is -0.820. The molecule has 0 spiro atoms. The second kappa shape index (κ2) is 11.1. The number of likely N-dealkylation sites (N-methyl/N-ethyl adjacent to an activating group) is 1. The minimum atomic E-state index is -0.288. The van der Waals surface area contributed by atoms with E-state index in [1.807, 2.05) is 25.2 Å². The predicted octanol–water partition coefficient (Wildman–Crippen LogP) is 2.25. The Labute approximate surface area is 169 Å². The van der Waals surface area contributed by atoms with E-state index in [4.69, 9.17) is 0 Å². The summed E-state index contributed by atoms with van der Waals surface area (Å²) in [5, 5.41) is 7.34. The van der Waals surface area contributed by atoms with Crippen LogP contribution < -0.4 is 5.32 Å². The number of amides is 1. The van der Waals surface area contributed by atoms with Crippen LogP contribution >= 0.6 is 24.8 Å². The fourth-order valence-electron chi connectivity index (χ4n) is 4.09. The van der Waals surface area contributed by atoms with Crippen molar-refractivity contribution in [2.24, 2.45) is 13.0 Å². The number of carbonyl (C=O) groups is 1. The van der Waals surface area contributed by atoms with Crippen molar-refractivity contribution in [1.29, 1.82) is 0 Å². The van der Waals surface area contributed by atoms with E-state index in [9.17, 15) is 4.79 Å². The van der Waals surface area contributed by atoms with E-state index in [1.165, 1.54) is 38.6 Å². The Morgan fingerprint density at radius 1 is 1.19 bits per heavy atom. The van der Waals surface area contributed by atoms with Gasteiger partial charge in [-0.1, -0.05) is 19.3 Å². The van der Waals surface area contributed by atoms with Crippen molar-refractivity contribution >= 4 is 30.7 Å². The van der Waals surface area contributed by atoms with Crippen LogP contribution in [0.4, 0.5) is 0 Å². The second-order valence-corrected chi connectivity index (χ2v) is 7.30. The Morgan fingerprint density at radius 2 is 1.85 bits per heavy atom. The van der Waals surface area contributed by atoms with Gasteiger partial charge in [-0.05, 0) is 25.8 Å². The first-order valence-electron chi connectivity index (χ1n) is 9.34. The van der Waals surface area contributed by atoms with Crippen molar-refractivity contribution in [3.8, 4) is 0 Å². The van der Waals surface area contributed by atoms with Crippen molar-refractivity contribution < 1.29 is 4.79 Å². The number of hydrogen-bond acceptors (Lipinski definition) is 4. The van der Waals surface area contributed by atoms with Crippen molar-refractivity contribution in [2.45, 2.75) is 38.1 Å². The molecule has 1 N–H and O–H groups in total. The number of nitrogens with one attached hydrogen (secondary N) is 1. The third-order valence-corrected chi connectivity index (χ3v) is 5.52. The molecule has 2 heterocycles. The highest BCUT2D eigenvalue weighted by Gasteiger charge is 2.29. The lowest BCUT2D eigenvalue weighted by molar-refractivity contribution is -0.135. The first-order valence-corrected chi connectivity index (χ1v) is 9.34. The summed E-state index contributed by atoms with van der Waals surface area (Å²) in [7, 11) is 3.72. The van der Waals surface area contributed by atoms with Crippen molar-refractivity contribution in [1.82, 2.24) is 24.9 Å². The van der Waals surface area contributed by atoms with E-state index in [-0.39, 0.29) is 36.8 Å². The second-order valence-electron chi connectivity index (χ2n) is 7.30. The Bertz CT molecular complexity index is 539. The summed E-state index contributed by atoms with van der Waals surface area (Å²) in [6.45, 7) is 4.91. The van der Waals surface area contributed by atoms with E-state index in [0.29, 0.717) is 0 Å². The number of aromatic nitrogens is 2. The molecule has 150 valence electrons. The normalized spacial score (nSPS) is 20.2. The molecule has 1 amide bonds. The summed E-state index contributed by atoms with van der Waals surface area (Å²) in [5.41, 5.74) is 0.939. The molecule has 0 bridgehead atoms. The summed E-state index contributed by atoms with van der Waals surface area (Å²) < 4.78 is 1.75. The number of nitrogens with zero attached hydrogens (tertiary/aromatic N) is 4. The molecule has 1 saturated heterocycles. The molecule has 0 radical (unpaired) electrons. The number of piperazine rings is 1. The lowest BCUT2D eigenvalue weighted by atomic mass is 9.89. The largest absolute Gasteiger partial charge is 0.338 e. The van der Waals surface area contributed by atoms with Crippen LogP contribution in [-0.2, 0) is 11.8 Å². The van der Waals surface area contributed by atoms with Crippen molar-refractivity contribution in [3.63, 3.8) is 0 Å². The zero-order valence-electron chi connectivity index (χ0n) is 15.9. The predicted molar refractivity (Wildman–Crippen MR) is 109 cm³/mol. The van der Waals surface area contributed by atoms with Gasteiger partial charge in [0.2, 0.25) is 5.91 Å². The van der Waals surface area contributed by atoms with Crippen molar-refractivity contribution in [3.05, 3.63) is 18.0 Å². The highest BCUT2D eigenvalue weighted by Crippen LogP contribution is 2.25. The molecule has 2 aliphatic rings. The zero-order chi connectivity index (χ0) is 16.9. The molecule has 6 nitrogen and oxygen atoms in total. The standard InChI is InChI=1S/C18H31N5O.2ClH/c1-19-17(16-12-20-21(2)14-16)18(24)23-10-8-22(9-11-23)13-15-6-4-3-5-7-15;;/h12,14-15,17,19H,3-11,13H2,1-2H3;2*1H. The maximum absolute atomic E-state index is 12.8. The SMILES string of the molecule is CNC(C(=O)N1CCN(CC2CCCCC2)CC1)c1cnn(C)c1.Cl.Cl. The molecule has 8 heteroatoms. The highest BCUT2D eigenvalue weighted by molar-refractivity contribution is 5.85. The van der Waals surface area contributed by atoms with Crippen LogP contribution in [0.15, 0.2) is 12.4 Å². The first-order chi connectivity index (χ1) is 11.7. The summed E-state index contributed by atoms with van der Waals surface area (Å²) >= 11 is 0. The molecule has 3 rings (SSSR count). The topological polar surface area (TPSA) is 53.4 Å². The molecule has 26 heavy (non-hydrogen) atoms. The Balaban J connectivity index is 0.00000169. The average molecular weight is 406 g/mol. The van der Waals surface area contributed by atoms with E-state index in [0.717, 1.165) is 37.7 Å². The monoisotopic (exact) mass is 405 g/mol. The minimum absolute atomic E-state index is 0. The fourth-order valence-corrected chi connectivity index (χ4v) is 4.09. The van der Waals surface area contributed by atoms with Crippen molar-refractivity contribution in [2.75, 3.05) is 39.8 Å². The molecule has 1 saturated carbocycles. The molecule has 1 unspecified atom stereocenters. The molecule has 1 aliphatic carbocycles. The van der Waals surface area contributed by atoms with E-state index >= 15 is 0 Å². The number of rotatable bonds is 5. The van der Waals surface area contributed by atoms with Crippen LogP contribution in [0.5, 0.6) is 0 Å². The van der Waals surface area contributed by atoms with Gasteiger partial charge in [0, 0.05) is 51.5 Å².